The Morgan fingerprint density at radius 1 is 0.750 bits per heavy atom. The number of hydrogen-bond donors (Lipinski definition) is 0. The van der Waals surface area contributed by atoms with Gasteiger partial charge in [0, 0.05) is 0 Å². The quantitative estimate of drug-likeness (QED) is 0.219. The Morgan fingerprint density at radius 3 is 1.44 bits per heavy atom. The van der Waals surface area contributed by atoms with Crippen LogP contribution in [0.25, 0.3) is 0 Å². The highest BCUT2D eigenvalue weighted by Crippen LogP contribution is 2.55. The second-order valence-corrected chi connectivity index (χ2v) is 16.6. The maximum atomic E-state index is 13.0. The van der Waals surface area contributed by atoms with Crippen LogP contribution in [0, 0.1) is 0 Å². The number of benzene rings is 3. The van der Waals surface area contributed by atoms with Crippen molar-refractivity contribution in [2.45, 2.75) is 55.4 Å². The normalized spacial score (nSPS) is 17.2. The highest BCUT2D eigenvalue weighted by molar-refractivity contribution is 8.01. The lowest BCUT2D eigenvalue weighted by molar-refractivity contribution is -0.135. The SMILES string of the molecule is CC(C)(C)[Si](C)(C)N1C(=O)CC1SC(c1ccccc1)(c1ccccc1)c1ccccc1. The Morgan fingerprint density at radius 2 is 1.12 bits per heavy atom. The molecule has 3 aromatic rings. The highest BCUT2D eigenvalue weighted by Gasteiger charge is 2.54. The molecule has 3 aromatic carbocycles. The monoisotopic (exact) mass is 459 g/mol. The largest absolute Gasteiger partial charge is 0.357 e. The van der Waals surface area contributed by atoms with Crippen molar-refractivity contribution >= 4 is 25.9 Å². The molecule has 0 bridgehead atoms. The zero-order chi connectivity index (χ0) is 23.0. The Hall–Kier alpha value is -2.30. The predicted octanol–water partition coefficient (Wildman–Crippen LogP) is 7.28. The molecule has 1 saturated heterocycles. The average Bonchev–Trinajstić information content (AvgIpc) is 2.77. The summed E-state index contributed by atoms with van der Waals surface area (Å²) in [6.07, 6.45) is 0.603. The second kappa shape index (κ2) is 8.57. The molecule has 0 radical (unpaired) electrons. The summed E-state index contributed by atoms with van der Waals surface area (Å²) in [5.74, 6) is 0.303. The van der Waals surface area contributed by atoms with Gasteiger partial charge in [-0.15, -0.1) is 11.8 Å². The summed E-state index contributed by atoms with van der Waals surface area (Å²) in [5, 5.41) is 0.264. The van der Waals surface area contributed by atoms with Gasteiger partial charge in [-0.05, 0) is 21.7 Å². The van der Waals surface area contributed by atoms with Crippen LogP contribution in [0.4, 0.5) is 0 Å². The van der Waals surface area contributed by atoms with E-state index in [9.17, 15) is 4.79 Å². The van der Waals surface area contributed by atoms with E-state index in [0.29, 0.717) is 12.3 Å². The second-order valence-electron chi connectivity index (χ2n) is 10.1. The van der Waals surface area contributed by atoms with E-state index >= 15 is 0 Å². The van der Waals surface area contributed by atoms with Gasteiger partial charge in [0.05, 0.1) is 16.5 Å². The van der Waals surface area contributed by atoms with Gasteiger partial charge in [0.15, 0.2) is 8.24 Å². The van der Waals surface area contributed by atoms with Gasteiger partial charge in [0.1, 0.15) is 0 Å². The summed E-state index contributed by atoms with van der Waals surface area (Å²) in [5.41, 5.74) is 3.74. The number of β-lactam (4-membered cyclic amide) rings is 1. The van der Waals surface area contributed by atoms with E-state index in [1.807, 2.05) is 11.8 Å². The summed E-state index contributed by atoms with van der Waals surface area (Å²) in [7, 11) is -1.99. The molecule has 1 atom stereocenters. The summed E-state index contributed by atoms with van der Waals surface area (Å²) in [6.45, 7) is 11.5. The van der Waals surface area contributed by atoms with Crippen molar-refractivity contribution in [1.82, 2.24) is 4.57 Å². The first-order valence-electron chi connectivity index (χ1n) is 11.3. The first kappa shape index (κ1) is 22.9. The van der Waals surface area contributed by atoms with Crippen molar-refractivity contribution in [3.63, 3.8) is 0 Å². The number of carbonyl (C=O) groups excluding carboxylic acids is 1. The standard InChI is InChI=1S/C28H33NOSSi/c1-27(2,3)32(4,5)29-25(30)21-26(29)31-28(22-15-9-6-10-16-22,23-17-11-7-12-18-23)24-19-13-8-14-20-24/h6-20,26H,21H2,1-5H3. The van der Waals surface area contributed by atoms with E-state index in [-0.39, 0.29) is 10.4 Å². The topological polar surface area (TPSA) is 20.3 Å². The molecule has 166 valence electrons. The first-order chi connectivity index (χ1) is 15.2. The van der Waals surface area contributed by atoms with E-state index in [4.69, 9.17) is 0 Å². The van der Waals surface area contributed by atoms with Crippen LogP contribution in [0.1, 0.15) is 43.9 Å². The third kappa shape index (κ3) is 3.84. The third-order valence-electron chi connectivity index (χ3n) is 7.20. The van der Waals surface area contributed by atoms with Gasteiger partial charge in [-0.3, -0.25) is 4.79 Å². The zero-order valence-corrected chi connectivity index (χ0v) is 21.5. The Labute approximate surface area is 198 Å². The summed E-state index contributed by atoms with van der Waals surface area (Å²) < 4.78 is 1.87. The van der Waals surface area contributed by atoms with Gasteiger partial charge in [-0.25, -0.2) is 0 Å². The van der Waals surface area contributed by atoms with Crippen molar-refractivity contribution in [3.8, 4) is 0 Å². The lowest BCUT2D eigenvalue weighted by Crippen LogP contribution is -2.67. The molecule has 1 aliphatic heterocycles. The molecule has 1 amide bonds. The first-order valence-corrected chi connectivity index (χ1v) is 15.2. The minimum Gasteiger partial charge on any atom is -0.357 e. The fourth-order valence-electron chi connectivity index (χ4n) is 4.44. The van der Waals surface area contributed by atoms with Crippen molar-refractivity contribution < 1.29 is 4.79 Å². The minimum absolute atomic E-state index is 0.108. The molecule has 0 spiro atoms. The van der Waals surface area contributed by atoms with Crippen molar-refractivity contribution in [1.29, 1.82) is 0 Å². The Balaban J connectivity index is 1.89. The van der Waals surface area contributed by atoms with E-state index in [2.05, 4.69) is 129 Å². The maximum absolute atomic E-state index is 13.0. The van der Waals surface area contributed by atoms with Crippen molar-refractivity contribution in [3.05, 3.63) is 108 Å². The fraction of sp³-hybridized carbons (Fsp3) is 0.321. The van der Waals surface area contributed by atoms with Gasteiger partial charge in [-0.2, -0.15) is 0 Å². The Bertz CT molecular complexity index is 964. The van der Waals surface area contributed by atoms with Crippen LogP contribution in [0.5, 0.6) is 0 Å². The Kier molecular flexibility index (Phi) is 6.12. The van der Waals surface area contributed by atoms with Crippen LogP contribution < -0.4 is 0 Å². The van der Waals surface area contributed by atoms with Crippen LogP contribution in [-0.2, 0) is 9.54 Å². The molecule has 2 nitrogen and oxygen atoms in total. The van der Waals surface area contributed by atoms with Crippen LogP contribution in [0.2, 0.25) is 18.1 Å². The van der Waals surface area contributed by atoms with Gasteiger partial charge in [0.2, 0.25) is 5.91 Å². The highest BCUT2D eigenvalue weighted by atomic mass is 32.2. The van der Waals surface area contributed by atoms with Crippen LogP contribution in [-0.4, -0.2) is 24.1 Å². The summed E-state index contributed by atoms with van der Waals surface area (Å²) in [4.78, 5) is 13.0. The molecule has 1 aliphatic rings. The van der Waals surface area contributed by atoms with Gasteiger partial charge in [-0.1, -0.05) is 125 Å². The predicted molar refractivity (Wildman–Crippen MR) is 139 cm³/mol. The van der Waals surface area contributed by atoms with Gasteiger partial charge in [0.25, 0.3) is 0 Å². The molecule has 0 aromatic heterocycles. The van der Waals surface area contributed by atoms with Gasteiger partial charge >= 0.3 is 0 Å². The fourth-order valence-corrected chi connectivity index (χ4v) is 9.31. The smallest absolute Gasteiger partial charge is 0.218 e. The third-order valence-corrected chi connectivity index (χ3v) is 14.5. The summed E-state index contributed by atoms with van der Waals surface area (Å²) >= 11 is 1.93. The molecular weight excluding hydrogens is 426 g/mol. The number of amides is 1. The molecule has 0 aliphatic carbocycles. The lowest BCUT2D eigenvalue weighted by atomic mass is 9.84. The molecule has 4 heteroatoms. The maximum Gasteiger partial charge on any atom is 0.218 e. The number of thioether (sulfide) groups is 1. The molecule has 1 fully saturated rings. The summed E-state index contributed by atoms with van der Waals surface area (Å²) in [6, 6.07) is 32.3. The van der Waals surface area contributed by atoms with Crippen LogP contribution in [0.3, 0.4) is 0 Å². The van der Waals surface area contributed by atoms with Gasteiger partial charge < -0.3 is 4.57 Å². The number of hydrogen-bond acceptors (Lipinski definition) is 2. The molecule has 0 N–H and O–H groups in total. The average molecular weight is 460 g/mol. The minimum atomic E-state index is -1.99. The van der Waals surface area contributed by atoms with Crippen LogP contribution in [0.15, 0.2) is 91.0 Å². The van der Waals surface area contributed by atoms with E-state index < -0.39 is 13.0 Å². The number of nitrogens with zero attached hydrogens (tertiary/aromatic N) is 1. The molecule has 32 heavy (non-hydrogen) atoms. The molecule has 1 unspecified atom stereocenters. The molecule has 0 saturated carbocycles. The zero-order valence-electron chi connectivity index (χ0n) is 19.7. The van der Waals surface area contributed by atoms with Crippen molar-refractivity contribution in [2.75, 3.05) is 0 Å². The van der Waals surface area contributed by atoms with E-state index in [1.54, 1.807) is 0 Å². The number of rotatable bonds is 6. The van der Waals surface area contributed by atoms with E-state index in [1.165, 1.54) is 16.7 Å². The number of carbonyl (C=O) groups is 1. The molecule has 4 rings (SSSR count). The lowest BCUT2D eigenvalue weighted by Gasteiger charge is -2.56. The van der Waals surface area contributed by atoms with Crippen LogP contribution >= 0.6 is 11.8 Å². The van der Waals surface area contributed by atoms with E-state index in [0.717, 1.165) is 0 Å². The molecular formula is C28H33NOSSi. The molecule has 1 heterocycles. The van der Waals surface area contributed by atoms with Crippen molar-refractivity contribution in [2.24, 2.45) is 0 Å².